The van der Waals surface area contributed by atoms with E-state index in [9.17, 15) is 9.59 Å². The third-order valence-corrected chi connectivity index (χ3v) is 8.73. The minimum atomic E-state index is -0.0654. The Morgan fingerprint density at radius 2 is 1.77 bits per heavy atom. The number of likely N-dealkylation sites (tertiary alicyclic amines) is 1. The number of anilines is 1. The molecule has 0 spiro atoms. The summed E-state index contributed by atoms with van der Waals surface area (Å²) >= 11 is 7.67. The molecule has 0 aliphatic carbocycles. The molecule has 0 aromatic heterocycles. The van der Waals surface area contributed by atoms with Gasteiger partial charge in [0.1, 0.15) is 0 Å². The molecule has 2 unspecified atom stereocenters. The molecule has 2 aliphatic rings. The van der Waals surface area contributed by atoms with Gasteiger partial charge in [-0.05, 0) is 84.8 Å². The zero-order chi connectivity index (χ0) is 28.1. The van der Waals surface area contributed by atoms with Crippen LogP contribution in [0.4, 0.5) is 5.69 Å². The topological polar surface area (TPSA) is 52.7 Å². The lowest BCUT2D eigenvalue weighted by Crippen LogP contribution is -2.40. The van der Waals surface area contributed by atoms with Gasteiger partial charge in [0.25, 0.3) is 11.8 Å². The van der Waals surface area contributed by atoms with Crippen molar-refractivity contribution in [3.8, 4) is 0 Å². The Kier molecular flexibility index (Phi) is 9.30. The highest BCUT2D eigenvalue weighted by atomic mass is 35.5. The first kappa shape index (κ1) is 28.5. The summed E-state index contributed by atoms with van der Waals surface area (Å²) in [6.45, 7) is 9.07. The van der Waals surface area contributed by atoms with Gasteiger partial charge >= 0.3 is 0 Å². The summed E-state index contributed by atoms with van der Waals surface area (Å²) in [6.07, 6.45) is 4.15. The maximum Gasteiger partial charge on any atom is 0.265 e. The number of thioether (sulfide) groups is 1. The third kappa shape index (κ3) is 7.17. The van der Waals surface area contributed by atoms with Crippen LogP contribution in [0.5, 0.6) is 0 Å². The summed E-state index contributed by atoms with van der Waals surface area (Å²) in [5.41, 5.74) is 3.36. The lowest BCUT2D eigenvalue weighted by Gasteiger charge is -2.34. The van der Waals surface area contributed by atoms with Crippen molar-refractivity contribution in [2.45, 2.75) is 38.1 Å². The molecule has 0 saturated carbocycles. The van der Waals surface area contributed by atoms with Gasteiger partial charge in [0.2, 0.25) is 0 Å². The van der Waals surface area contributed by atoms with Crippen LogP contribution >= 0.6 is 23.4 Å². The van der Waals surface area contributed by atoms with Crippen LogP contribution in [0.2, 0.25) is 5.02 Å². The van der Waals surface area contributed by atoms with E-state index in [1.165, 1.54) is 18.2 Å². The largest absolute Gasteiger partial charge is 0.352 e. The molecule has 0 bridgehead atoms. The van der Waals surface area contributed by atoms with Gasteiger partial charge in [-0.2, -0.15) is 0 Å². The number of carbonyl (C=O) groups is 2. The predicted molar refractivity (Wildman–Crippen MR) is 166 cm³/mol. The number of hydrogen-bond acceptors (Lipinski definition) is 4. The van der Waals surface area contributed by atoms with Crippen LogP contribution in [-0.4, -0.2) is 42.9 Å². The van der Waals surface area contributed by atoms with Gasteiger partial charge in [-0.15, -0.1) is 0 Å². The van der Waals surface area contributed by atoms with Crippen molar-refractivity contribution < 1.29 is 9.59 Å². The molecule has 5 rings (SSSR count). The van der Waals surface area contributed by atoms with Crippen molar-refractivity contribution in [1.82, 2.24) is 10.2 Å². The van der Waals surface area contributed by atoms with E-state index in [0.717, 1.165) is 59.6 Å². The molecule has 3 aromatic rings. The van der Waals surface area contributed by atoms with Crippen LogP contribution in [0.3, 0.4) is 0 Å². The normalized spacial score (nSPS) is 20.4. The van der Waals surface area contributed by atoms with E-state index in [2.05, 4.69) is 24.1 Å². The van der Waals surface area contributed by atoms with Gasteiger partial charge < -0.3 is 15.1 Å². The summed E-state index contributed by atoms with van der Waals surface area (Å²) < 4.78 is 0. The first-order chi connectivity index (χ1) is 19.4. The molecule has 5 nitrogen and oxygen atoms in total. The number of amides is 2. The van der Waals surface area contributed by atoms with Crippen LogP contribution in [0.25, 0.3) is 6.08 Å². The van der Waals surface area contributed by atoms with Crippen LogP contribution in [-0.2, 0) is 11.3 Å². The summed E-state index contributed by atoms with van der Waals surface area (Å²) in [6, 6.07) is 23.0. The summed E-state index contributed by atoms with van der Waals surface area (Å²) in [5.74, 6) is 1.37. The Morgan fingerprint density at radius 3 is 2.52 bits per heavy atom. The van der Waals surface area contributed by atoms with E-state index in [1.807, 2.05) is 78.9 Å². The summed E-state index contributed by atoms with van der Waals surface area (Å²) in [4.78, 5) is 32.3. The Labute approximate surface area is 246 Å². The quantitative estimate of drug-likeness (QED) is 0.230. The average Bonchev–Trinajstić information content (AvgIpc) is 2.93. The maximum atomic E-state index is 13.6. The Balaban J connectivity index is 1.21. The molecule has 208 valence electrons. The van der Waals surface area contributed by atoms with Crippen LogP contribution in [0.15, 0.2) is 82.6 Å². The Morgan fingerprint density at radius 1 is 1.02 bits per heavy atom. The molecular formula is C33H36ClN3O2S. The molecular weight excluding hydrogens is 538 g/mol. The van der Waals surface area contributed by atoms with Crippen LogP contribution in [0.1, 0.15) is 48.2 Å². The zero-order valence-corrected chi connectivity index (χ0v) is 24.7. The molecule has 2 amide bonds. The van der Waals surface area contributed by atoms with Crippen LogP contribution < -0.4 is 10.2 Å². The van der Waals surface area contributed by atoms with Crippen molar-refractivity contribution in [1.29, 1.82) is 0 Å². The highest BCUT2D eigenvalue weighted by Gasteiger charge is 2.29. The molecule has 2 aliphatic heterocycles. The monoisotopic (exact) mass is 573 g/mol. The Hall–Kier alpha value is -3.06. The lowest BCUT2D eigenvalue weighted by molar-refractivity contribution is -0.114. The van der Waals surface area contributed by atoms with Crippen molar-refractivity contribution in [3.63, 3.8) is 0 Å². The van der Waals surface area contributed by atoms with Crippen molar-refractivity contribution >= 4 is 46.9 Å². The molecule has 1 N–H and O–H groups in total. The SMILES string of the molecule is CC1CC(C)CN(CCCNC(=O)c2ccc(C=C3Sc4ccccc4N(Cc4cccc(Cl)c4)C3=O)cc2)C1. The van der Waals surface area contributed by atoms with E-state index in [4.69, 9.17) is 11.6 Å². The Bertz CT molecular complexity index is 1380. The molecule has 1 fully saturated rings. The smallest absolute Gasteiger partial charge is 0.265 e. The number of nitrogens with zero attached hydrogens (tertiary/aromatic N) is 2. The second-order valence-corrected chi connectivity index (χ2v) is 12.6. The van der Waals surface area contributed by atoms with Gasteiger partial charge in [-0.1, -0.05) is 73.6 Å². The lowest BCUT2D eigenvalue weighted by atomic mass is 9.92. The fourth-order valence-electron chi connectivity index (χ4n) is 5.70. The van der Waals surface area contributed by atoms with Crippen LogP contribution in [0, 0.1) is 11.8 Å². The number of fused-ring (bicyclic) bond motifs is 1. The van der Waals surface area contributed by atoms with E-state index in [1.54, 1.807) is 4.90 Å². The van der Waals surface area contributed by atoms with Gasteiger partial charge in [0.05, 0.1) is 17.1 Å². The molecule has 3 aromatic carbocycles. The van der Waals surface area contributed by atoms with Gasteiger partial charge in [0, 0.05) is 35.1 Å². The number of rotatable bonds is 8. The van der Waals surface area contributed by atoms with Gasteiger partial charge in [-0.3, -0.25) is 9.59 Å². The number of halogens is 1. The first-order valence-electron chi connectivity index (χ1n) is 14.0. The molecule has 2 heterocycles. The number of nitrogens with one attached hydrogen (secondary N) is 1. The number of carbonyl (C=O) groups excluding carboxylic acids is 2. The molecule has 1 saturated heterocycles. The molecule has 2 atom stereocenters. The number of benzene rings is 3. The average molecular weight is 574 g/mol. The minimum absolute atomic E-state index is 0.0528. The number of para-hydroxylation sites is 1. The summed E-state index contributed by atoms with van der Waals surface area (Å²) in [7, 11) is 0. The molecule has 40 heavy (non-hydrogen) atoms. The van der Waals surface area contributed by atoms with Crippen molar-refractivity contribution in [2.75, 3.05) is 31.1 Å². The predicted octanol–water partition coefficient (Wildman–Crippen LogP) is 7.12. The number of hydrogen-bond donors (Lipinski definition) is 1. The minimum Gasteiger partial charge on any atom is -0.352 e. The molecule has 7 heteroatoms. The zero-order valence-electron chi connectivity index (χ0n) is 23.1. The third-order valence-electron chi connectivity index (χ3n) is 7.41. The van der Waals surface area contributed by atoms with E-state index in [-0.39, 0.29) is 11.8 Å². The van der Waals surface area contributed by atoms with Crippen molar-refractivity contribution in [3.05, 3.63) is 99.4 Å². The highest BCUT2D eigenvalue weighted by molar-refractivity contribution is 8.04. The van der Waals surface area contributed by atoms with Gasteiger partial charge in [0.15, 0.2) is 0 Å². The second-order valence-electron chi connectivity index (χ2n) is 11.0. The number of piperidine rings is 1. The fraction of sp³-hybridized carbons (Fsp3) is 0.333. The van der Waals surface area contributed by atoms with E-state index in [0.29, 0.717) is 28.6 Å². The second kappa shape index (κ2) is 13.1. The van der Waals surface area contributed by atoms with Gasteiger partial charge in [-0.25, -0.2) is 0 Å². The first-order valence-corrected chi connectivity index (χ1v) is 15.2. The summed E-state index contributed by atoms with van der Waals surface area (Å²) in [5, 5.41) is 3.71. The maximum absolute atomic E-state index is 13.6. The van der Waals surface area contributed by atoms with E-state index < -0.39 is 0 Å². The fourth-order valence-corrected chi connectivity index (χ4v) is 6.97. The standard InChI is InChI=1S/C33H36ClN3O2S/c1-23-17-24(2)21-36(20-23)16-6-15-35-32(38)27-13-11-25(12-14-27)19-31-33(39)37(22-26-7-5-8-28(34)18-26)29-9-3-4-10-30(29)40-31/h3-5,7-14,18-19,23-24H,6,15-17,20-22H2,1-2H3,(H,35,38). The van der Waals surface area contributed by atoms with Crippen molar-refractivity contribution in [2.24, 2.45) is 11.8 Å². The molecule has 0 radical (unpaired) electrons. The highest BCUT2D eigenvalue weighted by Crippen LogP contribution is 2.42. The van der Waals surface area contributed by atoms with E-state index >= 15 is 0 Å².